The maximum absolute atomic E-state index is 12.8. The number of fused-ring (bicyclic) bond motifs is 2. The lowest BCUT2D eigenvalue weighted by Crippen LogP contribution is -2.39. The summed E-state index contributed by atoms with van der Waals surface area (Å²) < 4.78 is 0. The van der Waals surface area contributed by atoms with Crippen LogP contribution < -0.4 is 5.32 Å². The number of hydrogen-bond donors (Lipinski definition) is 3. The second-order valence-electron chi connectivity index (χ2n) is 6.47. The number of aromatic carboxylic acids is 1. The van der Waals surface area contributed by atoms with Crippen molar-refractivity contribution in [1.29, 1.82) is 0 Å². The summed E-state index contributed by atoms with van der Waals surface area (Å²) in [7, 11) is 0. The van der Waals surface area contributed by atoms with Gasteiger partial charge < -0.3 is 15.4 Å². The van der Waals surface area contributed by atoms with Gasteiger partial charge in [-0.1, -0.05) is 0 Å². The van der Waals surface area contributed by atoms with E-state index in [1.807, 2.05) is 0 Å². The van der Waals surface area contributed by atoms with E-state index in [4.69, 9.17) is 0 Å². The summed E-state index contributed by atoms with van der Waals surface area (Å²) in [5, 5.41) is 12.5. The van der Waals surface area contributed by atoms with Crippen molar-refractivity contribution in [1.82, 2.24) is 15.3 Å². The summed E-state index contributed by atoms with van der Waals surface area (Å²) in [6, 6.07) is 0.0695. The van der Waals surface area contributed by atoms with Crippen molar-refractivity contribution in [3.63, 3.8) is 0 Å². The molecule has 126 valence electrons. The highest BCUT2D eigenvalue weighted by molar-refractivity contribution is 7.16. The minimum Gasteiger partial charge on any atom is -0.477 e. The molecule has 2 aromatic rings. The Balaban J connectivity index is 1.56. The summed E-state index contributed by atoms with van der Waals surface area (Å²) in [6.07, 6.45) is 7.75. The van der Waals surface area contributed by atoms with Crippen LogP contribution in [0.25, 0.3) is 0 Å². The Kier molecular flexibility index (Phi) is 3.88. The quantitative estimate of drug-likeness (QED) is 0.796. The molecule has 0 aromatic carbocycles. The molecule has 0 spiro atoms. The lowest BCUT2D eigenvalue weighted by Gasteiger charge is -2.22. The first-order chi connectivity index (χ1) is 11.6. The predicted octanol–water partition coefficient (Wildman–Crippen LogP) is 2.34. The van der Waals surface area contributed by atoms with Crippen LogP contribution in [0.3, 0.4) is 0 Å². The smallest absolute Gasteiger partial charge is 0.346 e. The molecule has 1 atom stereocenters. The number of aromatic amines is 1. The van der Waals surface area contributed by atoms with Gasteiger partial charge in [-0.05, 0) is 49.7 Å². The van der Waals surface area contributed by atoms with Crippen molar-refractivity contribution in [3.05, 3.63) is 38.6 Å². The Hall–Kier alpha value is -2.15. The van der Waals surface area contributed by atoms with Gasteiger partial charge in [0, 0.05) is 18.2 Å². The van der Waals surface area contributed by atoms with E-state index in [0.29, 0.717) is 9.75 Å². The zero-order valence-corrected chi connectivity index (χ0v) is 14.0. The molecule has 0 saturated heterocycles. The lowest BCUT2D eigenvalue weighted by molar-refractivity contribution is 0.0700. The van der Waals surface area contributed by atoms with E-state index in [2.05, 4.69) is 15.3 Å². The zero-order valence-electron chi connectivity index (χ0n) is 13.2. The number of nitrogens with one attached hydrogen (secondary N) is 2. The maximum Gasteiger partial charge on any atom is 0.346 e. The average Bonchev–Trinajstić information content (AvgIpc) is 3.18. The van der Waals surface area contributed by atoms with E-state index in [1.54, 1.807) is 6.33 Å². The zero-order chi connectivity index (χ0) is 16.7. The number of carbonyl (C=O) groups is 2. The first kappa shape index (κ1) is 15.4. The fourth-order valence-corrected chi connectivity index (χ4v) is 4.90. The average molecular weight is 345 g/mol. The Morgan fingerprint density at radius 3 is 2.71 bits per heavy atom. The molecular weight excluding hydrogens is 326 g/mol. The predicted molar refractivity (Wildman–Crippen MR) is 89.8 cm³/mol. The first-order valence-corrected chi connectivity index (χ1v) is 9.15. The number of carboxylic acid groups (broad SMARTS) is 1. The molecule has 3 N–H and O–H groups in total. The molecule has 2 aromatic heterocycles. The number of hydrogen-bond acceptors (Lipinski definition) is 4. The standard InChI is InChI=1S/C17H19N3O3S/c21-16(20-9-5-6-12-13(7-9)19-8-18-12)14-10-3-1-2-4-11(10)15(24-14)17(22)23/h8-9H,1-7H2,(H,18,19)(H,20,21)(H,22,23). The van der Waals surface area contributed by atoms with Gasteiger partial charge in [-0.3, -0.25) is 4.79 Å². The van der Waals surface area contributed by atoms with E-state index in [1.165, 1.54) is 0 Å². The molecule has 2 aliphatic rings. The van der Waals surface area contributed by atoms with Crippen LogP contribution in [0, 0.1) is 0 Å². The number of H-pyrrole nitrogens is 1. The van der Waals surface area contributed by atoms with Crippen LogP contribution in [0.4, 0.5) is 0 Å². The van der Waals surface area contributed by atoms with Crippen molar-refractivity contribution in [2.45, 2.75) is 51.0 Å². The summed E-state index contributed by atoms with van der Waals surface area (Å²) in [5.41, 5.74) is 4.01. The van der Waals surface area contributed by atoms with Crippen LogP contribution in [0.1, 0.15) is 61.1 Å². The molecule has 1 unspecified atom stereocenters. The molecule has 7 heteroatoms. The third-order valence-electron chi connectivity index (χ3n) is 4.94. The van der Waals surface area contributed by atoms with Crippen LogP contribution in [0.2, 0.25) is 0 Å². The number of carbonyl (C=O) groups excluding carboxylic acids is 1. The Morgan fingerprint density at radius 1 is 1.21 bits per heavy atom. The van der Waals surface area contributed by atoms with Gasteiger partial charge in [-0.2, -0.15) is 0 Å². The molecule has 0 bridgehead atoms. The lowest BCUT2D eigenvalue weighted by atomic mass is 9.91. The molecule has 1 amide bonds. The SMILES string of the molecule is O=C(O)c1sc(C(=O)NC2CCc3nc[nH]c3C2)c2c1CCCC2. The minimum atomic E-state index is -0.919. The van der Waals surface area contributed by atoms with E-state index in [9.17, 15) is 14.7 Å². The highest BCUT2D eigenvalue weighted by atomic mass is 32.1. The number of rotatable bonds is 3. The summed E-state index contributed by atoms with van der Waals surface area (Å²) in [5.74, 6) is -1.05. The summed E-state index contributed by atoms with van der Waals surface area (Å²) in [4.78, 5) is 32.6. The van der Waals surface area contributed by atoms with Crippen molar-refractivity contribution < 1.29 is 14.7 Å². The van der Waals surface area contributed by atoms with E-state index in [-0.39, 0.29) is 11.9 Å². The van der Waals surface area contributed by atoms with Crippen LogP contribution in [0.5, 0.6) is 0 Å². The van der Waals surface area contributed by atoms with Crippen molar-refractivity contribution in [3.8, 4) is 0 Å². The van der Waals surface area contributed by atoms with Gasteiger partial charge >= 0.3 is 5.97 Å². The fourth-order valence-electron chi connectivity index (χ4n) is 3.76. The Morgan fingerprint density at radius 2 is 1.96 bits per heavy atom. The van der Waals surface area contributed by atoms with Gasteiger partial charge in [-0.25, -0.2) is 9.78 Å². The second-order valence-corrected chi connectivity index (χ2v) is 7.49. The molecule has 0 aliphatic heterocycles. The molecule has 0 saturated carbocycles. The third kappa shape index (κ3) is 2.62. The van der Waals surface area contributed by atoms with E-state index < -0.39 is 5.97 Å². The van der Waals surface area contributed by atoms with Gasteiger partial charge in [-0.15, -0.1) is 11.3 Å². The number of nitrogens with zero attached hydrogens (tertiary/aromatic N) is 1. The number of imidazole rings is 1. The van der Waals surface area contributed by atoms with Crippen LogP contribution in [-0.4, -0.2) is 33.0 Å². The number of carboxylic acids is 1. The van der Waals surface area contributed by atoms with Gasteiger partial charge in [0.25, 0.3) is 5.91 Å². The molecule has 0 radical (unpaired) electrons. The molecule has 4 rings (SSSR count). The molecular formula is C17H19N3O3S. The van der Waals surface area contributed by atoms with Gasteiger partial charge in [0.15, 0.2) is 0 Å². The molecule has 6 nitrogen and oxygen atoms in total. The molecule has 2 aliphatic carbocycles. The van der Waals surface area contributed by atoms with Gasteiger partial charge in [0.1, 0.15) is 4.88 Å². The van der Waals surface area contributed by atoms with Gasteiger partial charge in [0.05, 0.1) is 16.9 Å². The third-order valence-corrected chi connectivity index (χ3v) is 6.20. The van der Waals surface area contributed by atoms with Crippen LogP contribution in [-0.2, 0) is 25.7 Å². The van der Waals surface area contributed by atoms with Crippen molar-refractivity contribution in [2.75, 3.05) is 0 Å². The van der Waals surface area contributed by atoms with Crippen molar-refractivity contribution >= 4 is 23.2 Å². The topological polar surface area (TPSA) is 95.1 Å². The molecule has 0 fully saturated rings. The monoisotopic (exact) mass is 345 g/mol. The highest BCUT2D eigenvalue weighted by Gasteiger charge is 2.29. The van der Waals surface area contributed by atoms with E-state index >= 15 is 0 Å². The number of aromatic nitrogens is 2. The maximum atomic E-state index is 12.8. The Labute approximate surface area is 143 Å². The summed E-state index contributed by atoms with van der Waals surface area (Å²) >= 11 is 1.14. The fraction of sp³-hybridized carbons (Fsp3) is 0.471. The van der Waals surface area contributed by atoms with Crippen LogP contribution in [0.15, 0.2) is 6.33 Å². The normalized spacial score (nSPS) is 19.4. The van der Waals surface area contributed by atoms with E-state index in [0.717, 1.165) is 78.8 Å². The number of thiophene rings is 1. The number of amides is 1. The van der Waals surface area contributed by atoms with Crippen LogP contribution >= 0.6 is 11.3 Å². The van der Waals surface area contributed by atoms with Crippen molar-refractivity contribution in [2.24, 2.45) is 0 Å². The van der Waals surface area contributed by atoms with Gasteiger partial charge in [0.2, 0.25) is 0 Å². The second kappa shape index (κ2) is 6.05. The minimum absolute atomic E-state index is 0.0695. The summed E-state index contributed by atoms with van der Waals surface area (Å²) in [6.45, 7) is 0. The number of aryl methyl sites for hydroxylation is 1. The molecule has 24 heavy (non-hydrogen) atoms. The largest absolute Gasteiger partial charge is 0.477 e. The highest BCUT2D eigenvalue weighted by Crippen LogP contribution is 2.34. The molecule has 2 heterocycles. The Bertz CT molecular complexity index is 808. The first-order valence-electron chi connectivity index (χ1n) is 8.33.